The lowest BCUT2D eigenvalue weighted by Gasteiger charge is -2.21. The van der Waals surface area contributed by atoms with Crippen molar-refractivity contribution >= 4 is 48.0 Å². The molecule has 2 atom stereocenters. The number of rotatable bonds is 3. The molecule has 7 heteroatoms. The van der Waals surface area contributed by atoms with Crippen molar-refractivity contribution in [3.05, 3.63) is 0 Å². The summed E-state index contributed by atoms with van der Waals surface area (Å²) in [5.41, 5.74) is 0. The van der Waals surface area contributed by atoms with Gasteiger partial charge in [0.15, 0.2) is 3.66 Å². The van der Waals surface area contributed by atoms with Crippen LogP contribution in [0.25, 0.3) is 0 Å². The molecular weight excluding hydrogens is 314 g/mol. The van der Waals surface area contributed by atoms with E-state index < -0.39 is 13.7 Å². The predicted octanol–water partition coefficient (Wildman–Crippen LogP) is 1.55. The second-order valence-electron chi connectivity index (χ2n) is 2.26. The van der Waals surface area contributed by atoms with Gasteiger partial charge < -0.3 is 0 Å². The minimum atomic E-state index is -3.84. The zero-order chi connectivity index (χ0) is 9.99. The standard InChI is InChI=1S/C5H7Br2NO3S/c1-4(6)5(2,7)12(10,11)8-3-9/h4H,1-2H3. The fraction of sp³-hybridized carbons (Fsp3) is 0.800. The molecule has 2 unspecified atom stereocenters. The molecule has 0 aromatic rings. The SMILES string of the molecule is CC(Br)C(C)(Br)S(=O)(=O)N=C=O. The number of carbonyl (C=O) groups excluding carboxylic acids is 1. The van der Waals surface area contributed by atoms with E-state index in [1.54, 1.807) is 6.92 Å². The molecule has 0 aliphatic heterocycles. The van der Waals surface area contributed by atoms with Crippen molar-refractivity contribution in [1.82, 2.24) is 0 Å². The summed E-state index contributed by atoms with van der Waals surface area (Å²) in [5, 5.41) is 0. The Kier molecular flexibility index (Phi) is 4.10. The van der Waals surface area contributed by atoms with Crippen LogP contribution in [0.5, 0.6) is 0 Å². The van der Waals surface area contributed by atoms with E-state index in [1.807, 2.05) is 0 Å². The summed E-state index contributed by atoms with van der Waals surface area (Å²) < 4.78 is 23.8. The van der Waals surface area contributed by atoms with E-state index in [9.17, 15) is 13.2 Å². The van der Waals surface area contributed by atoms with Gasteiger partial charge in [0, 0.05) is 4.83 Å². The molecule has 0 spiro atoms. The summed E-state index contributed by atoms with van der Waals surface area (Å²) in [6.07, 6.45) is 1.01. The van der Waals surface area contributed by atoms with E-state index in [4.69, 9.17) is 0 Å². The van der Waals surface area contributed by atoms with Crippen molar-refractivity contribution in [3.63, 3.8) is 0 Å². The highest BCUT2D eigenvalue weighted by atomic mass is 79.9. The van der Waals surface area contributed by atoms with Crippen molar-refractivity contribution in [2.45, 2.75) is 22.3 Å². The molecule has 0 bridgehead atoms. The van der Waals surface area contributed by atoms with Crippen LogP contribution in [0.2, 0.25) is 0 Å². The van der Waals surface area contributed by atoms with Crippen LogP contribution < -0.4 is 0 Å². The average Bonchev–Trinajstić information content (AvgIpc) is 1.86. The molecule has 0 aliphatic carbocycles. The average molecular weight is 321 g/mol. The molecule has 0 amide bonds. The Bertz CT molecular complexity index is 303. The molecule has 0 fully saturated rings. The fourth-order valence-electron chi connectivity index (χ4n) is 0.344. The number of sulfonamides is 1. The third-order valence-corrected chi connectivity index (χ3v) is 6.80. The van der Waals surface area contributed by atoms with Crippen molar-refractivity contribution in [1.29, 1.82) is 0 Å². The van der Waals surface area contributed by atoms with Gasteiger partial charge in [0.25, 0.3) is 16.1 Å². The monoisotopic (exact) mass is 319 g/mol. The number of hydrogen-bond acceptors (Lipinski definition) is 3. The molecule has 0 radical (unpaired) electrons. The molecule has 0 heterocycles. The topological polar surface area (TPSA) is 63.6 Å². The lowest BCUT2D eigenvalue weighted by molar-refractivity contribution is 0.561. The van der Waals surface area contributed by atoms with Crippen LogP contribution in [0.1, 0.15) is 13.8 Å². The number of alkyl halides is 2. The summed E-state index contributed by atoms with van der Waals surface area (Å²) in [7, 11) is -3.84. The van der Waals surface area contributed by atoms with Crippen LogP contribution in [0.4, 0.5) is 0 Å². The molecular formula is C5H7Br2NO3S. The highest BCUT2D eigenvalue weighted by Crippen LogP contribution is 2.34. The van der Waals surface area contributed by atoms with Crippen LogP contribution in [0, 0.1) is 0 Å². The minimum Gasteiger partial charge on any atom is -0.210 e. The lowest BCUT2D eigenvalue weighted by Crippen LogP contribution is -2.34. The molecule has 0 N–H and O–H groups in total. The number of halogens is 2. The zero-order valence-corrected chi connectivity index (χ0v) is 10.4. The highest BCUT2D eigenvalue weighted by Gasteiger charge is 2.40. The lowest BCUT2D eigenvalue weighted by atomic mass is 10.4. The van der Waals surface area contributed by atoms with Gasteiger partial charge in [-0.15, -0.1) is 0 Å². The third-order valence-electron chi connectivity index (χ3n) is 1.37. The first-order valence-corrected chi connectivity index (χ1v) is 6.07. The quantitative estimate of drug-likeness (QED) is 0.450. The van der Waals surface area contributed by atoms with Crippen LogP contribution >= 0.6 is 31.9 Å². The molecule has 0 aromatic heterocycles. The van der Waals surface area contributed by atoms with Crippen LogP contribution in [-0.2, 0) is 14.8 Å². The molecule has 0 rings (SSSR count). The summed E-state index contributed by atoms with van der Waals surface area (Å²) in [6, 6.07) is 0. The second-order valence-corrected chi connectivity index (χ2v) is 7.79. The molecule has 0 aliphatic rings. The predicted molar refractivity (Wildman–Crippen MR) is 52.8 cm³/mol. The maximum absolute atomic E-state index is 11.2. The number of isocyanates is 1. The van der Waals surface area contributed by atoms with Gasteiger partial charge in [-0.1, -0.05) is 43.2 Å². The van der Waals surface area contributed by atoms with Crippen molar-refractivity contribution < 1.29 is 13.2 Å². The Hall–Kier alpha value is 0.290. The molecule has 4 nitrogen and oxygen atoms in total. The largest absolute Gasteiger partial charge is 0.280 e. The molecule has 0 saturated carbocycles. The van der Waals surface area contributed by atoms with Gasteiger partial charge in [0.1, 0.15) is 0 Å². The van der Waals surface area contributed by atoms with Crippen LogP contribution in [0.15, 0.2) is 4.40 Å². The number of nitrogens with zero attached hydrogens (tertiary/aromatic N) is 1. The Morgan fingerprint density at radius 3 is 2.25 bits per heavy atom. The van der Waals surface area contributed by atoms with Gasteiger partial charge in [0.05, 0.1) is 0 Å². The van der Waals surface area contributed by atoms with E-state index in [2.05, 4.69) is 36.3 Å². The third kappa shape index (κ3) is 2.39. The van der Waals surface area contributed by atoms with Crippen LogP contribution in [-0.4, -0.2) is 23.0 Å². The van der Waals surface area contributed by atoms with Gasteiger partial charge in [-0.25, -0.2) is 13.2 Å². The van der Waals surface area contributed by atoms with E-state index in [0.717, 1.165) is 6.08 Å². The maximum atomic E-state index is 11.2. The Labute approximate surface area is 87.8 Å². The van der Waals surface area contributed by atoms with Crippen molar-refractivity contribution in [3.8, 4) is 0 Å². The molecule has 70 valence electrons. The first kappa shape index (κ1) is 12.3. The Morgan fingerprint density at radius 1 is 1.58 bits per heavy atom. The maximum Gasteiger partial charge on any atom is 0.280 e. The summed E-state index contributed by atoms with van der Waals surface area (Å²) in [4.78, 5) is 9.41. The van der Waals surface area contributed by atoms with Gasteiger partial charge >= 0.3 is 0 Å². The van der Waals surface area contributed by atoms with Gasteiger partial charge in [-0.3, -0.25) is 0 Å². The van der Waals surface area contributed by atoms with Gasteiger partial charge in [-0.2, -0.15) is 0 Å². The first-order chi connectivity index (χ1) is 5.25. The van der Waals surface area contributed by atoms with Gasteiger partial charge in [-0.05, 0) is 6.92 Å². The van der Waals surface area contributed by atoms with Gasteiger partial charge in [0.2, 0.25) is 0 Å². The van der Waals surface area contributed by atoms with E-state index in [1.165, 1.54) is 6.92 Å². The first-order valence-electron chi connectivity index (χ1n) is 2.92. The molecule has 0 aromatic carbocycles. The molecule has 12 heavy (non-hydrogen) atoms. The zero-order valence-electron chi connectivity index (χ0n) is 6.41. The summed E-state index contributed by atoms with van der Waals surface area (Å²) in [6.45, 7) is 3.04. The van der Waals surface area contributed by atoms with E-state index >= 15 is 0 Å². The number of hydrogen-bond donors (Lipinski definition) is 0. The Morgan fingerprint density at radius 2 is 2.00 bits per heavy atom. The fourth-order valence-corrected chi connectivity index (χ4v) is 1.96. The highest BCUT2D eigenvalue weighted by molar-refractivity contribution is 9.13. The minimum absolute atomic E-state index is 0.368. The van der Waals surface area contributed by atoms with E-state index in [-0.39, 0.29) is 4.83 Å². The second kappa shape index (κ2) is 4.00. The van der Waals surface area contributed by atoms with E-state index in [0.29, 0.717) is 0 Å². The smallest absolute Gasteiger partial charge is 0.210 e. The summed E-state index contributed by atoms with van der Waals surface area (Å²) >= 11 is 6.05. The van der Waals surface area contributed by atoms with Crippen LogP contribution in [0.3, 0.4) is 0 Å². The summed E-state index contributed by atoms with van der Waals surface area (Å²) in [5.74, 6) is 0. The molecule has 0 saturated heterocycles. The van der Waals surface area contributed by atoms with Crippen molar-refractivity contribution in [2.24, 2.45) is 4.40 Å². The van der Waals surface area contributed by atoms with Crippen molar-refractivity contribution in [2.75, 3.05) is 0 Å². The normalized spacial score (nSPS) is 19.0. The Balaban J connectivity index is 5.17.